The van der Waals surface area contributed by atoms with Crippen molar-refractivity contribution in [1.29, 1.82) is 0 Å². The Kier molecular flexibility index (Phi) is 2.72. The Morgan fingerprint density at radius 2 is 2.06 bits per heavy atom. The molecule has 3 rings (SSSR count). The molecule has 0 amide bonds. The zero-order valence-electron chi connectivity index (χ0n) is 10.0. The second-order valence-electron chi connectivity index (χ2n) is 5.08. The third-order valence-corrected chi connectivity index (χ3v) is 3.37. The van der Waals surface area contributed by atoms with Gasteiger partial charge in [0.25, 0.3) is 0 Å². The number of hydrogen-bond acceptors (Lipinski definition) is 5. The normalized spacial score (nSPS) is 49.3. The number of alkyl halides is 1. The van der Waals surface area contributed by atoms with Gasteiger partial charge >= 0.3 is 0 Å². The fraction of sp³-hybridized carbons (Fsp3) is 1.00. The van der Waals surface area contributed by atoms with Gasteiger partial charge in [0.15, 0.2) is 12.1 Å². The first kappa shape index (κ1) is 12.1. The fourth-order valence-electron chi connectivity index (χ4n) is 2.67. The van der Waals surface area contributed by atoms with Crippen LogP contribution >= 0.6 is 0 Å². The highest BCUT2D eigenvalue weighted by Crippen LogP contribution is 2.42. The summed E-state index contributed by atoms with van der Waals surface area (Å²) in [6, 6.07) is -0.894. The summed E-state index contributed by atoms with van der Waals surface area (Å²) < 4.78 is 35.9. The van der Waals surface area contributed by atoms with Gasteiger partial charge in [-0.25, -0.2) is 4.39 Å². The average molecular weight is 259 g/mol. The Labute approximate surface area is 103 Å². The number of azide groups is 1. The summed E-state index contributed by atoms with van der Waals surface area (Å²) in [5, 5.41) is 3.46. The van der Waals surface area contributed by atoms with Gasteiger partial charge < -0.3 is 18.9 Å². The Bertz CT molecular complexity index is 401. The van der Waals surface area contributed by atoms with Crippen molar-refractivity contribution in [3.8, 4) is 0 Å². The predicted molar refractivity (Wildman–Crippen MR) is 56.3 cm³/mol. The van der Waals surface area contributed by atoms with Gasteiger partial charge in [-0.1, -0.05) is 5.11 Å². The molecule has 0 saturated carbocycles. The van der Waals surface area contributed by atoms with E-state index in [0.29, 0.717) is 0 Å². The van der Waals surface area contributed by atoms with Crippen molar-refractivity contribution in [3.05, 3.63) is 10.4 Å². The second-order valence-corrected chi connectivity index (χ2v) is 5.08. The quantitative estimate of drug-likeness (QED) is 0.403. The van der Waals surface area contributed by atoms with E-state index in [1.807, 2.05) is 0 Å². The molecule has 0 aliphatic carbocycles. The molecule has 0 unspecified atom stereocenters. The molecular weight excluding hydrogens is 245 g/mol. The number of fused-ring (bicyclic) bond motifs is 3. The Morgan fingerprint density at radius 1 is 1.28 bits per heavy atom. The zero-order chi connectivity index (χ0) is 12.9. The molecule has 0 bridgehead atoms. The summed E-state index contributed by atoms with van der Waals surface area (Å²) in [6.07, 6.45) is -3.49. The first-order valence-corrected chi connectivity index (χ1v) is 5.83. The molecule has 0 aromatic heterocycles. The van der Waals surface area contributed by atoms with Gasteiger partial charge in [-0.3, -0.25) is 0 Å². The van der Waals surface area contributed by atoms with Crippen molar-refractivity contribution in [3.63, 3.8) is 0 Å². The number of nitrogens with zero attached hydrogens (tertiary/aromatic N) is 3. The topological polar surface area (TPSA) is 85.7 Å². The molecular formula is C10H14FN3O4. The van der Waals surface area contributed by atoms with Crippen molar-refractivity contribution < 1.29 is 23.3 Å². The minimum absolute atomic E-state index is 0.124. The van der Waals surface area contributed by atoms with Crippen LogP contribution in [0, 0.1) is 0 Å². The van der Waals surface area contributed by atoms with Crippen LogP contribution < -0.4 is 0 Å². The molecule has 6 atom stereocenters. The van der Waals surface area contributed by atoms with Gasteiger partial charge in [0.2, 0.25) is 0 Å². The Balaban J connectivity index is 1.82. The molecule has 100 valence electrons. The standard InChI is InChI=1S/C10H14FN3O4/c1-10(2)17-8-7-6(16-9(8)18-10)5(13-14-12)4(11)3-15-7/h4-9H,3H2,1-2H3/t4-,5-,6-,7-,8-,9-/m1/s1. The zero-order valence-corrected chi connectivity index (χ0v) is 10.0. The first-order chi connectivity index (χ1) is 8.52. The molecule has 0 N–H and O–H groups in total. The minimum atomic E-state index is -1.37. The summed E-state index contributed by atoms with van der Waals surface area (Å²) in [6.45, 7) is 3.42. The molecule has 3 fully saturated rings. The van der Waals surface area contributed by atoms with E-state index in [0.717, 1.165) is 0 Å². The number of rotatable bonds is 1. The van der Waals surface area contributed by atoms with Crippen LogP contribution in [0.1, 0.15) is 13.8 Å². The first-order valence-electron chi connectivity index (χ1n) is 5.83. The third kappa shape index (κ3) is 1.77. The maximum atomic E-state index is 13.6. The smallest absolute Gasteiger partial charge is 0.190 e. The lowest BCUT2D eigenvalue weighted by Gasteiger charge is -2.34. The SMILES string of the molecule is CC1(C)O[C@H]2O[C@@H]3[C@H](N=[N+]=[N-])[C@H](F)CO[C@H]3[C@H]2O1. The summed E-state index contributed by atoms with van der Waals surface area (Å²) in [7, 11) is 0. The molecule has 7 nitrogen and oxygen atoms in total. The van der Waals surface area contributed by atoms with Crippen molar-refractivity contribution in [1.82, 2.24) is 0 Å². The summed E-state index contributed by atoms with van der Waals surface area (Å²) in [5.41, 5.74) is 8.48. The van der Waals surface area contributed by atoms with Crippen LogP contribution in [0.4, 0.5) is 4.39 Å². The fourth-order valence-corrected chi connectivity index (χ4v) is 2.67. The number of ether oxygens (including phenoxy) is 4. The highest BCUT2D eigenvalue weighted by atomic mass is 19.1. The van der Waals surface area contributed by atoms with E-state index in [4.69, 9.17) is 24.5 Å². The minimum Gasteiger partial charge on any atom is -0.370 e. The summed E-state index contributed by atoms with van der Waals surface area (Å²) in [5.74, 6) is -0.746. The lowest BCUT2D eigenvalue weighted by molar-refractivity contribution is -0.231. The van der Waals surface area contributed by atoms with Gasteiger partial charge in [-0.15, -0.1) is 0 Å². The highest BCUT2D eigenvalue weighted by molar-refractivity contribution is 5.03. The van der Waals surface area contributed by atoms with Crippen LogP contribution in [0.25, 0.3) is 10.4 Å². The van der Waals surface area contributed by atoms with E-state index in [1.54, 1.807) is 13.8 Å². The molecule has 3 heterocycles. The van der Waals surface area contributed by atoms with E-state index in [9.17, 15) is 4.39 Å². The average Bonchev–Trinajstić information content (AvgIpc) is 2.74. The highest BCUT2D eigenvalue weighted by Gasteiger charge is 2.59. The van der Waals surface area contributed by atoms with Crippen molar-refractivity contribution in [2.75, 3.05) is 6.61 Å². The van der Waals surface area contributed by atoms with Crippen molar-refractivity contribution in [2.45, 2.75) is 56.5 Å². The maximum Gasteiger partial charge on any atom is 0.190 e. The molecule has 3 aliphatic rings. The lowest BCUT2D eigenvalue weighted by atomic mass is 9.97. The van der Waals surface area contributed by atoms with Crippen LogP contribution in [-0.2, 0) is 18.9 Å². The molecule has 3 saturated heterocycles. The van der Waals surface area contributed by atoms with E-state index >= 15 is 0 Å². The molecule has 3 aliphatic heterocycles. The van der Waals surface area contributed by atoms with Gasteiger partial charge in [0.1, 0.15) is 24.5 Å². The van der Waals surface area contributed by atoms with Crippen LogP contribution in [0.5, 0.6) is 0 Å². The third-order valence-electron chi connectivity index (χ3n) is 3.37. The van der Waals surface area contributed by atoms with E-state index in [2.05, 4.69) is 10.0 Å². The maximum absolute atomic E-state index is 13.6. The van der Waals surface area contributed by atoms with Crippen LogP contribution in [-0.4, -0.2) is 49.2 Å². The van der Waals surface area contributed by atoms with Crippen LogP contribution in [0.15, 0.2) is 5.11 Å². The van der Waals surface area contributed by atoms with Crippen LogP contribution in [0.2, 0.25) is 0 Å². The summed E-state index contributed by atoms with van der Waals surface area (Å²) >= 11 is 0. The second kappa shape index (κ2) is 4.04. The lowest BCUT2D eigenvalue weighted by Crippen LogP contribution is -2.51. The molecule has 0 radical (unpaired) electrons. The van der Waals surface area contributed by atoms with Crippen molar-refractivity contribution >= 4 is 0 Å². The number of hydrogen-bond donors (Lipinski definition) is 0. The molecule has 0 aromatic rings. The van der Waals surface area contributed by atoms with Gasteiger partial charge in [0, 0.05) is 4.91 Å². The Morgan fingerprint density at radius 3 is 2.78 bits per heavy atom. The molecule has 18 heavy (non-hydrogen) atoms. The van der Waals surface area contributed by atoms with E-state index in [1.165, 1.54) is 0 Å². The molecule has 0 spiro atoms. The van der Waals surface area contributed by atoms with Crippen LogP contribution in [0.3, 0.4) is 0 Å². The van der Waals surface area contributed by atoms with Gasteiger partial charge in [0.05, 0.1) is 12.6 Å². The van der Waals surface area contributed by atoms with Gasteiger partial charge in [-0.05, 0) is 19.4 Å². The monoisotopic (exact) mass is 259 g/mol. The van der Waals surface area contributed by atoms with E-state index in [-0.39, 0.29) is 6.61 Å². The summed E-state index contributed by atoms with van der Waals surface area (Å²) in [4.78, 5) is 2.66. The molecule has 8 heteroatoms. The Hall–Kier alpha value is -0.920. The largest absolute Gasteiger partial charge is 0.370 e. The van der Waals surface area contributed by atoms with Crippen molar-refractivity contribution in [2.24, 2.45) is 5.11 Å². The molecule has 0 aromatic carbocycles. The van der Waals surface area contributed by atoms with Gasteiger partial charge in [-0.2, -0.15) is 0 Å². The number of halogens is 1. The van der Waals surface area contributed by atoms with E-state index < -0.39 is 42.6 Å². The predicted octanol–water partition coefficient (Wildman–Crippen LogP) is 1.28.